The Hall–Kier alpha value is -1.06. The molecule has 1 fully saturated rings. The highest BCUT2D eigenvalue weighted by atomic mass is 16.5. The summed E-state index contributed by atoms with van der Waals surface area (Å²) in [6.45, 7) is 11.2. The number of hydrogen-bond donors (Lipinski definition) is 1. The lowest BCUT2D eigenvalue weighted by Gasteiger charge is -2.18. The second-order valence-electron chi connectivity index (χ2n) is 6.54. The van der Waals surface area contributed by atoms with E-state index in [1.807, 2.05) is 0 Å². The van der Waals surface area contributed by atoms with Crippen molar-refractivity contribution in [3.05, 3.63) is 29.3 Å². The molecule has 21 heavy (non-hydrogen) atoms. The van der Waals surface area contributed by atoms with Crippen LogP contribution in [0, 0.1) is 12.8 Å². The molecule has 2 rings (SSSR count). The summed E-state index contributed by atoms with van der Waals surface area (Å²) < 4.78 is 11.9. The van der Waals surface area contributed by atoms with Crippen LogP contribution >= 0.6 is 0 Å². The van der Waals surface area contributed by atoms with Crippen LogP contribution in [0.2, 0.25) is 0 Å². The minimum absolute atomic E-state index is 0.246. The molecule has 118 valence electrons. The maximum absolute atomic E-state index is 6.09. The lowest BCUT2D eigenvalue weighted by Crippen LogP contribution is -2.21. The van der Waals surface area contributed by atoms with Gasteiger partial charge in [-0.2, -0.15) is 0 Å². The van der Waals surface area contributed by atoms with Gasteiger partial charge in [-0.1, -0.05) is 32.0 Å². The molecule has 1 heterocycles. The van der Waals surface area contributed by atoms with Gasteiger partial charge in [0.25, 0.3) is 0 Å². The molecule has 0 amide bonds. The summed E-state index contributed by atoms with van der Waals surface area (Å²) in [5.74, 6) is 1.68. The first-order valence-electron chi connectivity index (χ1n) is 8.13. The third-order valence-electron chi connectivity index (χ3n) is 3.89. The van der Waals surface area contributed by atoms with E-state index in [-0.39, 0.29) is 6.10 Å². The Morgan fingerprint density at radius 2 is 2.14 bits per heavy atom. The molecule has 0 spiro atoms. The quantitative estimate of drug-likeness (QED) is 0.831. The molecular weight excluding hydrogens is 262 g/mol. The molecule has 2 atom stereocenters. The third kappa shape index (κ3) is 5.01. The minimum atomic E-state index is 0.246. The molecule has 1 aromatic carbocycles. The molecule has 1 aliphatic heterocycles. The second kappa shape index (κ2) is 7.81. The molecule has 3 heteroatoms. The molecule has 0 aliphatic carbocycles. The number of hydrogen-bond acceptors (Lipinski definition) is 3. The second-order valence-corrected chi connectivity index (χ2v) is 6.54. The monoisotopic (exact) mass is 291 g/mol. The standard InChI is InChI=1S/C18H29NO2/c1-13(2)10-19-11-16-7-5-6-14(3)18(16)20-12-17-9-8-15(4)21-17/h5-7,13,15,17,19H,8-12H2,1-4H3. The Kier molecular flexibility index (Phi) is 6.07. The van der Waals surface area contributed by atoms with E-state index in [0.29, 0.717) is 18.6 Å². The Labute approximate surface area is 129 Å². The van der Waals surface area contributed by atoms with Gasteiger partial charge >= 0.3 is 0 Å². The zero-order valence-corrected chi connectivity index (χ0v) is 13.8. The van der Waals surface area contributed by atoms with Crippen molar-refractivity contribution in [1.82, 2.24) is 5.32 Å². The molecule has 0 aromatic heterocycles. The van der Waals surface area contributed by atoms with Crippen molar-refractivity contribution in [3.8, 4) is 5.75 Å². The number of para-hydroxylation sites is 1. The van der Waals surface area contributed by atoms with Gasteiger partial charge in [-0.15, -0.1) is 0 Å². The average Bonchev–Trinajstić information content (AvgIpc) is 2.83. The van der Waals surface area contributed by atoms with Gasteiger partial charge in [0.2, 0.25) is 0 Å². The summed E-state index contributed by atoms with van der Waals surface area (Å²) in [5.41, 5.74) is 2.44. The Morgan fingerprint density at radius 3 is 2.81 bits per heavy atom. The summed E-state index contributed by atoms with van der Waals surface area (Å²) in [6.07, 6.45) is 2.87. The molecule has 3 nitrogen and oxygen atoms in total. The van der Waals surface area contributed by atoms with Crippen molar-refractivity contribution >= 4 is 0 Å². The highest BCUT2D eigenvalue weighted by molar-refractivity contribution is 5.40. The lowest BCUT2D eigenvalue weighted by atomic mass is 10.1. The zero-order chi connectivity index (χ0) is 15.2. The highest BCUT2D eigenvalue weighted by Crippen LogP contribution is 2.26. The smallest absolute Gasteiger partial charge is 0.126 e. The summed E-state index contributed by atoms with van der Waals surface area (Å²) in [7, 11) is 0. The van der Waals surface area contributed by atoms with Crippen molar-refractivity contribution < 1.29 is 9.47 Å². The number of ether oxygens (including phenoxy) is 2. The van der Waals surface area contributed by atoms with Crippen LogP contribution in [0.25, 0.3) is 0 Å². The fourth-order valence-electron chi connectivity index (χ4n) is 2.74. The van der Waals surface area contributed by atoms with Gasteiger partial charge in [0.15, 0.2) is 0 Å². The molecule has 0 bridgehead atoms. The topological polar surface area (TPSA) is 30.5 Å². The predicted molar refractivity (Wildman–Crippen MR) is 86.8 cm³/mol. The maximum atomic E-state index is 6.09. The van der Waals surface area contributed by atoms with Crippen LogP contribution in [0.4, 0.5) is 0 Å². The number of benzene rings is 1. The van der Waals surface area contributed by atoms with E-state index in [1.165, 1.54) is 11.1 Å². The first-order valence-corrected chi connectivity index (χ1v) is 8.13. The Balaban J connectivity index is 1.93. The van der Waals surface area contributed by atoms with Gasteiger partial charge in [0.05, 0.1) is 12.2 Å². The van der Waals surface area contributed by atoms with Crippen molar-refractivity contribution in [2.45, 2.75) is 59.3 Å². The summed E-state index contributed by atoms with van der Waals surface area (Å²) in [4.78, 5) is 0. The minimum Gasteiger partial charge on any atom is -0.490 e. The van der Waals surface area contributed by atoms with Crippen LogP contribution in [0.1, 0.15) is 44.7 Å². The molecule has 1 N–H and O–H groups in total. The molecule has 0 saturated carbocycles. The van der Waals surface area contributed by atoms with Gasteiger partial charge in [0.1, 0.15) is 12.4 Å². The van der Waals surface area contributed by atoms with E-state index in [0.717, 1.165) is 31.7 Å². The van der Waals surface area contributed by atoms with Gasteiger partial charge in [-0.3, -0.25) is 0 Å². The Morgan fingerprint density at radius 1 is 1.33 bits per heavy atom. The Bertz CT molecular complexity index is 445. The maximum Gasteiger partial charge on any atom is 0.126 e. The van der Waals surface area contributed by atoms with Crippen molar-refractivity contribution in [2.24, 2.45) is 5.92 Å². The van der Waals surface area contributed by atoms with Crippen LogP contribution < -0.4 is 10.1 Å². The highest BCUT2D eigenvalue weighted by Gasteiger charge is 2.22. The van der Waals surface area contributed by atoms with Gasteiger partial charge in [-0.05, 0) is 44.7 Å². The van der Waals surface area contributed by atoms with E-state index in [1.54, 1.807) is 0 Å². The van der Waals surface area contributed by atoms with Crippen molar-refractivity contribution in [3.63, 3.8) is 0 Å². The van der Waals surface area contributed by atoms with Gasteiger partial charge in [-0.25, -0.2) is 0 Å². The third-order valence-corrected chi connectivity index (χ3v) is 3.89. The van der Waals surface area contributed by atoms with Crippen LogP contribution in [0.15, 0.2) is 18.2 Å². The van der Waals surface area contributed by atoms with Crippen LogP contribution in [-0.2, 0) is 11.3 Å². The van der Waals surface area contributed by atoms with E-state index < -0.39 is 0 Å². The number of rotatable bonds is 7. The predicted octanol–water partition coefficient (Wildman–Crippen LogP) is 3.69. The number of aryl methyl sites for hydroxylation is 1. The zero-order valence-electron chi connectivity index (χ0n) is 13.8. The van der Waals surface area contributed by atoms with Gasteiger partial charge < -0.3 is 14.8 Å². The molecule has 0 radical (unpaired) electrons. The summed E-state index contributed by atoms with van der Waals surface area (Å²) in [5, 5.41) is 3.49. The first-order chi connectivity index (χ1) is 10.1. The largest absolute Gasteiger partial charge is 0.490 e. The SMILES string of the molecule is Cc1cccc(CNCC(C)C)c1OCC1CCC(C)O1. The normalized spacial score (nSPS) is 22.0. The molecule has 1 aromatic rings. The van der Waals surface area contributed by atoms with Gasteiger partial charge in [0, 0.05) is 12.1 Å². The average molecular weight is 291 g/mol. The van der Waals surface area contributed by atoms with E-state index in [4.69, 9.17) is 9.47 Å². The molecular formula is C18H29NO2. The van der Waals surface area contributed by atoms with Crippen molar-refractivity contribution in [1.29, 1.82) is 0 Å². The lowest BCUT2D eigenvalue weighted by molar-refractivity contribution is 0.0261. The number of nitrogens with one attached hydrogen (secondary N) is 1. The first kappa shape index (κ1) is 16.3. The van der Waals surface area contributed by atoms with E-state index in [9.17, 15) is 0 Å². The van der Waals surface area contributed by atoms with E-state index >= 15 is 0 Å². The summed E-state index contributed by atoms with van der Waals surface area (Å²) >= 11 is 0. The molecule has 1 saturated heterocycles. The van der Waals surface area contributed by atoms with E-state index in [2.05, 4.69) is 51.2 Å². The molecule has 1 aliphatic rings. The van der Waals surface area contributed by atoms with Crippen LogP contribution in [0.5, 0.6) is 5.75 Å². The molecule has 2 unspecified atom stereocenters. The fraction of sp³-hybridized carbons (Fsp3) is 0.667. The van der Waals surface area contributed by atoms with Crippen molar-refractivity contribution in [2.75, 3.05) is 13.2 Å². The van der Waals surface area contributed by atoms with Crippen LogP contribution in [-0.4, -0.2) is 25.4 Å². The fourth-order valence-corrected chi connectivity index (χ4v) is 2.74. The van der Waals surface area contributed by atoms with Crippen LogP contribution in [0.3, 0.4) is 0 Å². The summed E-state index contributed by atoms with van der Waals surface area (Å²) in [6, 6.07) is 6.36.